The molecule has 0 radical (unpaired) electrons. The minimum atomic E-state index is -0.803. The van der Waals surface area contributed by atoms with E-state index < -0.39 is 18.2 Å². The second-order valence-electron chi connectivity index (χ2n) is 18.0. The van der Waals surface area contributed by atoms with Gasteiger partial charge >= 0.3 is 5.97 Å². The monoisotopic (exact) mass is 892 g/mol. The molecule has 3 unspecified atom stereocenters. The summed E-state index contributed by atoms with van der Waals surface area (Å²) in [6.45, 7) is 6.23. The highest BCUT2D eigenvalue weighted by Gasteiger charge is 2.24. The van der Waals surface area contributed by atoms with Gasteiger partial charge in [0, 0.05) is 6.42 Å². The van der Waals surface area contributed by atoms with Crippen LogP contribution in [0.15, 0.2) is 85.1 Å². The molecule has 0 aliphatic rings. The summed E-state index contributed by atoms with van der Waals surface area (Å²) >= 11 is 0. The molecule has 0 aromatic carbocycles. The van der Waals surface area contributed by atoms with E-state index >= 15 is 0 Å². The van der Waals surface area contributed by atoms with E-state index in [9.17, 15) is 19.8 Å². The molecule has 64 heavy (non-hydrogen) atoms. The summed E-state index contributed by atoms with van der Waals surface area (Å²) in [4.78, 5) is 26.2. The number of nitrogens with one attached hydrogen (secondary N) is 1. The first-order chi connectivity index (χ1) is 31.5. The van der Waals surface area contributed by atoms with Gasteiger partial charge in [0.15, 0.2) is 0 Å². The molecule has 0 aromatic rings. The third-order valence-electron chi connectivity index (χ3n) is 11.8. The van der Waals surface area contributed by atoms with Crippen LogP contribution in [0.1, 0.15) is 245 Å². The van der Waals surface area contributed by atoms with Crippen molar-refractivity contribution in [3.63, 3.8) is 0 Å². The summed E-state index contributed by atoms with van der Waals surface area (Å²) in [6.07, 6.45) is 66.4. The fourth-order valence-electron chi connectivity index (χ4n) is 7.81. The fraction of sp³-hybridized carbons (Fsp3) is 0.724. The van der Waals surface area contributed by atoms with Crippen LogP contribution in [0.25, 0.3) is 0 Å². The molecule has 0 heterocycles. The number of amides is 1. The molecule has 368 valence electrons. The van der Waals surface area contributed by atoms with Crippen LogP contribution in [-0.4, -0.2) is 46.9 Å². The lowest BCUT2D eigenvalue weighted by atomic mass is 10.0. The largest absolute Gasteiger partial charge is 0.462 e. The molecule has 0 spiro atoms. The zero-order valence-electron chi connectivity index (χ0n) is 41.9. The van der Waals surface area contributed by atoms with Crippen LogP contribution in [0, 0.1) is 0 Å². The number of hydrogen-bond donors (Lipinski definition) is 3. The Morgan fingerprint density at radius 2 is 0.922 bits per heavy atom. The van der Waals surface area contributed by atoms with Gasteiger partial charge < -0.3 is 20.3 Å². The van der Waals surface area contributed by atoms with Gasteiger partial charge in [-0.25, -0.2) is 0 Å². The number of unbranched alkanes of at least 4 members (excludes halogenated alkanes) is 24. The third kappa shape index (κ3) is 45.6. The van der Waals surface area contributed by atoms with Crippen molar-refractivity contribution in [2.75, 3.05) is 6.61 Å². The van der Waals surface area contributed by atoms with Crippen molar-refractivity contribution in [1.29, 1.82) is 0 Å². The number of allylic oxidation sites excluding steroid dienone is 14. The Morgan fingerprint density at radius 1 is 0.484 bits per heavy atom. The molecule has 6 nitrogen and oxygen atoms in total. The van der Waals surface area contributed by atoms with Crippen molar-refractivity contribution in [3.8, 4) is 0 Å². The molecule has 0 saturated heterocycles. The van der Waals surface area contributed by atoms with Crippen molar-refractivity contribution < 1.29 is 24.5 Å². The highest BCUT2D eigenvalue weighted by atomic mass is 16.5. The Morgan fingerprint density at radius 3 is 1.47 bits per heavy atom. The van der Waals surface area contributed by atoms with Crippen molar-refractivity contribution in [3.05, 3.63) is 85.1 Å². The third-order valence-corrected chi connectivity index (χ3v) is 11.8. The average Bonchev–Trinajstić information content (AvgIpc) is 3.29. The van der Waals surface area contributed by atoms with Crippen LogP contribution in [0.3, 0.4) is 0 Å². The van der Waals surface area contributed by atoms with E-state index in [0.717, 1.165) is 116 Å². The predicted molar refractivity (Wildman–Crippen MR) is 278 cm³/mol. The zero-order valence-corrected chi connectivity index (χ0v) is 41.9. The van der Waals surface area contributed by atoms with E-state index in [0.29, 0.717) is 19.3 Å². The van der Waals surface area contributed by atoms with Gasteiger partial charge in [0.05, 0.1) is 25.2 Å². The molecule has 0 aliphatic heterocycles. The summed E-state index contributed by atoms with van der Waals surface area (Å²) in [6, 6.07) is -0.719. The number of aliphatic hydroxyl groups is 2. The standard InChI is InChI=1S/C58H101NO5/c1-4-7-10-13-16-19-22-25-28-30-32-35-38-41-44-47-50-56(61)55(53-60)59-57(62)52-54(49-46-43-40-37-34-31-27-24-21-18-15-12-9-6-3)64-58(63)51-48-45-42-39-36-33-29-26-23-20-17-14-11-8-5-2/h8-9,11-12,14,17-18,20-21,23,26-27,29,31,54-56,60-61H,4-7,10,13,15-16,19,22,24-25,28,30,32-53H2,1-3H3,(H,59,62)/b11-8+,12-9+,17-14+,21-18+,23-20+,29-26-,31-27+. The van der Waals surface area contributed by atoms with Crippen LogP contribution in [0.5, 0.6) is 0 Å². The second kappa shape index (κ2) is 51.0. The van der Waals surface area contributed by atoms with Crippen LogP contribution < -0.4 is 5.32 Å². The van der Waals surface area contributed by atoms with Crippen molar-refractivity contribution >= 4 is 11.9 Å². The van der Waals surface area contributed by atoms with E-state index in [1.165, 1.54) is 83.5 Å². The van der Waals surface area contributed by atoms with Crippen molar-refractivity contribution in [2.45, 2.75) is 264 Å². The molecule has 0 fully saturated rings. The first kappa shape index (κ1) is 61.0. The van der Waals surface area contributed by atoms with Crippen molar-refractivity contribution in [2.24, 2.45) is 0 Å². The van der Waals surface area contributed by atoms with E-state index in [2.05, 4.69) is 92.9 Å². The minimum absolute atomic E-state index is 0.0490. The molecule has 3 atom stereocenters. The highest BCUT2D eigenvalue weighted by Crippen LogP contribution is 2.18. The van der Waals surface area contributed by atoms with Gasteiger partial charge in [-0.1, -0.05) is 241 Å². The lowest BCUT2D eigenvalue weighted by molar-refractivity contribution is -0.151. The smallest absolute Gasteiger partial charge is 0.306 e. The summed E-state index contributed by atoms with van der Waals surface area (Å²) in [7, 11) is 0. The molecular formula is C58H101NO5. The summed E-state index contributed by atoms with van der Waals surface area (Å²) < 4.78 is 5.92. The first-order valence-electron chi connectivity index (χ1n) is 26.9. The maximum absolute atomic E-state index is 13.2. The Bertz CT molecular complexity index is 1230. The Labute approximate surface area is 395 Å². The van der Waals surface area contributed by atoms with E-state index in [4.69, 9.17) is 4.74 Å². The Kier molecular flexibility index (Phi) is 48.7. The maximum Gasteiger partial charge on any atom is 0.306 e. The van der Waals surface area contributed by atoms with Gasteiger partial charge in [0.1, 0.15) is 6.10 Å². The van der Waals surface area contributed by atoms with Gasteiger partial charge in [-0.15, -0.1) is 0 Å². The number of carbonyl (C=O) groups excluding carboxylic acids is 2. The van der Waals surface area contributed by atoms with E-state index in [1.807, 2.05) is 18.2 Å². The molecule has 3 N–H and O–H groups in total. The summed E-state index contributed by atoms with van der Waals surface area (Å²) in [5.74, 6) is -0.525. The first-order valence-corrected chi connectivity index (χ1v) is 26.9. The number of rotatable bonds is 47. The number of hydrogen-bond acceptors (Lipinski definition) is 5. The van der Waals surface area contributed by atoms with Gasteiger partial charge in [0.25, 0.3) is 0 Å². The molecular weight excluding hydrogens is 791 g/mol. The average molecular weight is 892 g/mol. The number of ether oxygens (including phenoxy) is 1. The van der Waals surface area contributed by atoms with Crippen LogP contribution in [0.2, 0.25) is 0 Å². The summed E-state index contributed by atoms with van der Waals surface area (Å²) in [5, 5.41) is 23.8. The lowest BCUT2D eigenvalue weighted by Crippen LogP contribution is -2.46. The normalized spacial score (nSPS) is 13.9. The maximum atomic E-state index is 13.2. The highest BCUT2D eigenvalue weighted by molar-refractivity contribution is 5.77. The molecule has 1 amide bonds. The minimum Gasteiger partial charge on any atom is -0.462 e. The number of aliphatic hydroxyl groups excluding tert-OH is 2. The predicted octanol–water partition coefficient (Wildman–Crippen LogP) is 16.3. The molecule has 0 bridgehead atoms. The van der Waals surface area contributed by atoms with Crippen molar-refractivity contribution in [1.82, 2.24) is 5.32 Å². The number of esters is 1. The van der Waals surface area contributed by atoms with Crippen LogP contribution in [0.4, 0.5) is 0 Å². The zero-order chi connectivity index (χ0) is 46.7. The lowest BCUT2D eigenvalue weighted by Gasteiger charge is -2.24. The van der Waals surface area contributed by atoms with E-state index in [1.54, 1.807) is 0 Å². The second-order valence-corrected chi connectivity index (χ2v) is 18.0. The molecule has 0 aromatic heterocycles. The van der Waals surface area contributed by atoms with Gasteiger partial charge in [-0.3, -0.25) is 9.59 Å². The molecule has 0 aliphatic carbocycles. The SMILES string of the molecule is CC/C=C/C=C/C=C/C=C\CCCCCCCC(=O)OC(CCCCCC/C=C/C/C=C/C/C=C/CC)CC(=O)NC(CO)C(O)CCCCCCCCCCCCCCCCCC. The fourth-order valence-corrected chi connectivity index (χ4v) is 7.81. The Balaban J connectivity index is 4.62. The molecule has 0 rings (SSSR count). The van der Waals surface area contributed by atoms with Gasteiger partial charge in [0.2, 0.25) is 5.91 Å². The van der Waals surface area contributed by atoms with E-state index in [-0.39, 0.29) is 24.9 Å². The topological polar surface area (TPSA) is 95.9 Å². The van der Waals surface area contributed by atoms with Gasteiger partial charge in [-0.2, -0.15) is 0 Å². The Hall–Kier alpha value is -2.96. The van der Waals surface area contributed by atoms with Crippen LogP contribution >= 0.6 is 0 Å². The molecule has 0 saturated carbocycles. The van der Waals surface area contributed by atoms with Crippen LogP contribution in [-0.2, 0) is 14.3 Å². The quantitative estimate of drug-likeness (QED) is 0.0245. The molecule has 6 heteroatoms. The van der Waals surface area contributed by atoms with Gasteiger partial charge in [-0.05, 0) is 77.0 Å². The summed E-state index contributed by atoms with van der Waals surface area (Å²) in [5.41, 5.74) is 0. The number of carbonyl (C=O) groups is 2.